The minimum absolute atomic E-state index is 0.147. The number of aryl methyl sites for hydroxylation is 3. The van der Waals surface area contributed by atoms with Gasteiger partial charge in [-0.05, 0) is 67.8 Å². The van der Waals surface area contributed by atoms with Crippen LogP contribution in [-0.2, 0) is 16.8 Å². The Bertz CT molecular complexity index is 855. The molecule has 1 N–H and O–H groups in total. The van der Waals surface area contributed by atoms with Crippen molar-refractivity contribution in [1.29, 1.82) is 0 Å². The van der Waals surface area contributed by atoms with Crippen LogP contribution in [0.4, 0.5) is 4.79 Å². The molecular weight excluding hydrogens is 348 g/mol. The summed E-state index contributed by atoms with van der Waals surface area (Å²) in [5, 5.41) is 4.97. The summed E-state index contributed by atoms with van der Waals surface area (Å²) < 4.78 is 5.78. The zero-order valence-corrected chi connectivity index (χ0v) is 15.8. The summed E-state index contributed by atoms with van der Waals surface area (Å²) in [6.07, 6.45) is 2.55. The molecule has 1 fully saturated rings. The molecule has 1 saturated heterocycles. The molecule has 1 unspecified atom stereocenters. The lowest BCUT2D eigenvalue weighted by Gasteiger charge is -2.31. The van der Waals surface area contributed by atoms with E-state index in [0.29, 0.717) is 6.42 Å². The molecule has 1 aromatic carbocycles. The number of ether oxygens (including phenoxy) is 1. The van der Waals surface area contributed by atoms with Crippen LogP contribution >= 0.6 is 11.3 Å². The van der Waals surface area contributed by atoms with Crippen LogP contribution in [-0.4, -0.2) is 30.0 Å². The first kappa shape index (κ1) is 17.1. The number of benzene rings is 1. The van der Waals surface area contributed by atoms with E-state index < -0.39 is 5.54 Å². The molecule has 1 atom stereocenters. The fraction of sp³-hybridized carbons (Fsp3) is 0.400. The highest BCUT2D eigenvalue weighted by Crippen LogP contribution is 2.42. The number of urea groups is 1. The molecular formula is C20H22N2O3S. The number of carbonyl (C=O) groups is 2. The highest BCUT2D eigenvalue weighted by molar-refractivity contribution is 7.10. The van der Waals surface area contributed by atoms with Gasteiger partial charge in [0.25, 0.3) is 5.91 Å². The normalized spacial score (nSPS) is 21.8. The molecule has 3 amide bonds. The van der Waals surface area contributed by atoms with Crippen molar-refractivity contribution in [2.45, 2.75) is 38.6 Å². The standard InChI is InChI=1S/C20H22N2O3S/c1-13-10-14(2)12-15(11-13)25-8-7-22-18(23)20(21-19(22)24)6-3-4-17-16(20)5-9-26-17/h5,9-12H,3-4,6-8H2,1-2H3,(H,21,24). The van der Waals surface area contributed by atoms with E-state index in [1.165, 1.54) is 9.78 Å². The highest BCUT2D eigenvalue weighted by atomic mass is 32.1. The van der Waals surface area contributed by atoms with Gasteiger partial charge in [-0.3, -0.25) is 9.69 Å². The van der Waals surface area contributed by atoms with E-state index in [-0.39, 0.29) is 25.1 Å². The maximum Gasteiger partial charge on any atom is 0.325 e. The van der Waals surface area contributed by atoms with Gasteiger partial charge in [-0.15, -0.1) is 11.3 Å². The van der Waals surface area contributed by atoms with Crippen molar-refractivity contribution in [3.63, 3.8) is 0 Å². The summed E-state index contributed by atoms with van der Waals surface area (Å²) >= 11 is 1.66. The van der Waals surface area contributed by atoms with E-state index in [1.54, 1.807) is 11.3 Å². The van der Waals surface area contributed by atoms with Crippen molar-refractivity contribution in [2.24, 2.45) is 0 Å². The summed E-state index contributed by atoms with van der Waals surface area (Å²) in [5.74, 6) is 0.618. The molecule has 0 bridgehead atoms. The molecule has 2 aliphatic rings. The number of nitrogens with zero attached hydrogens (tertiary/aromatic N) is 1. The number of amides is 3. The van der Waals surface area contributed by atoms with Gasteiger partial charge in [0.1, 0.15) is 17.9 Å². The Labute approximate surface area is 157 Å². The third-order valence-electron chi connectivity index (χ3n) is 5.12. The van der Waals surface area contributed by atoms with Crippen LogP contribution in [0.3, 0.4) is 0 Å². The van der Waals surface area contributed by atoms with Gasteiger partial charge < -0.3 is 10.1 Å². The summed E-state index contributed by atoms with van der Waals surface area (Å²) in [5.41, 5.74) is 2.36. The number of nitrogens with one attached hydrogen (secondary N) is 1. The second-order valence-corrected chi connectivity index (χ2v) is 8.08. The third kappa shape index (κ3) is 2.78. The molecule has 136 valence electrons. The Morgan fingerprint density at radius 1 is 1.23 bits per heavy atom. The minimum Gasteiger partial charge on any atom is -0.492 e. The van der Waals surface area contributed by atoms with E-state index in [9.17, 15) is 9.59 Å². The van der Waals surface area contributed by atoms with E-state index >= 15 is 0 Å². The first-order valence-corrected chi connectivity index (χ1v) is 9.80. The largest absolute Gasteiger partial charge is 0.492 e. The van der Waals surface area contributed by atoms with E-state index in [1.807, 2.05) is 37.4 Å². The van der Waals surface area contributed by atoms with Crippen molar-refractivity contribution in [1.82, 2.24) is 10.2 Å². The molecule has 1 aromatic heterocycles. The number of hydrogen-bond acceptors (Lipinski definition) is 4. The van der Waals surface area contributed by atoms with Gasteiger partial charge >= 0.3 is 6.03 Å². The molecule has 0 saturated carbocycles. The molecule has 1 aliphatic heterocycles. The molecule has 1 spiro atoms. The number of hydrogen-bond donors (Lipinski definition) is 1. The van der Waals surface area contributed by atoms with Crippen molar-refractivity contribution in [2.75, 3.05) is 13.2 Å². The maximum atomic E-state index is 13.1. The van der Waals surface area contributed by atoms with Gasteiger partial charge in [-0.2, -0.15) is 0 Å². The van der Waals surface area contributed by atoms with Gasteiger partial charge in [0.15, 0.2) is 0 Å². The third-order valence-corrected chi connectivity index (χ3v) is 6.10. The monoisotopic (exact) mass is 370 g/mol. The number of rotatable bonds is 4. The van der Waals surface area contributed by atoms with E-state index in [2.05, 4.69) is 11.4 Å². The molecule has 26 heavy (non-hydrogen) atoms. The Kier molecular flexibility index (Phi) is 4.23. The highest BCUT2D eigenvalue weighted by Gasteiger charge is 2.54. The van der Waals surface area contributed by atoms with Gasteiger partial charge in [-0.1, -0.05) is 6.07 Å². The average molecular weight is 370 g/mol. The Balaban J connectivity index is 1.47. The van der Waals surface area contributed by atoms with E-state index in [0.717, 1.165) is 35.3 Å². The fourth-order valence-electron chi connectivity index (χ4n) is 4.02. The first-order valence-electron chi connectivity index (χ1n) is 8.92. The quantitative estimate of drug-likeness (QED) is 0.838. The van der Waals surface area contributed by atoms with Crippen LogP contribution in [0.5, 0.6) is 5.75 Å². The molecule has 0 radical (unpaired) electrons. The minimum atomic E-state index is -0.870. The predicted octanol–water partition coefficient (Wildman–Crippen LogP) is 3.53. The molecule has 2 heterocycles. The number of fused-ring (bicyclic) bond motifs is 2. The summed E-state index contributed by atoms with van der Waals surface area (Å²) in [4.78, 5) is 28.1. The molecule has 2 aromatic rings. The molecule has 5 nitrogen and oxygen atoms in total. The van der Waals surface area contributed by atoms with Crippen molar-refractivity contribution < 1.29 is 14.3 Å². The zero-order chi connectivity index (χ0) is 18.3. The molecule has 1 aliphatic carbocycles. The SMILES string of the molecule is Cc1cc(C)cc(OCCN2C(=O)NC3(CCCc4sccc43)C2=O)c1. The summed E-state index contributed by atoms with van der Waals surface area (Å²) in [6, 6.07) is 7.65. The number of thiophene rings is 1. The van der Waals surface area contributed by atoms with Crippen LogP contribution in [0.1, 0.15) is 34.4 Å². The van der Waals surface area contributed by atoms with Gasteiger partial charge in [0.05, 0.1) is 6.54 Å². The van der Waals surface area contributed by atoms with Crippen LogP contribution in [0, 0.1) is 13.8 Å². The summed E-state index contributed by atoms with van der Waals surface area (Å²) in [6.45, 7) is 4.57. The lowest BCUT2D eigenvalue weighted by atomic mass is 9.80. The van der Waals surface area contributed by atoms with Crippen LogP contribution in [0.15, 0.2) is 29.6 Å². The molecule has 4 rings (SSSR count). The fourth-order valence-corrected chi connectivity index (χ4v) is 5.02. The van der Waals surface area contributed by atoms with Gasteiger partial charge in [0.2, 0.25) is 0 Å². The average Bonchev–Trinajstić information content (AvgIpc) is 3.14. The number of imide groups is 1. The number of carbonyl (C=O) groups excluding carboxylic acids is 2. The zero-order valence-electron chi connectivity index (χ0n) is 15.0. The van der Waals surface area contributed by atoms with E-state index in [4.69, 9.17) is 4.74 Å². The smallest absolute Gasteiger partial charge is 0.325 e. The van der Waals surface area contributed by atoms with Gasteiger partial charge in [-0.25, -0.2) is 4.79 Å². The second-order valence-electron chi connectivity index (χ2n) is 7.08. The van der Waals surface area contributed by atoms with Crippen molar-refractivity contribution in [3.8, 4) is 5.75 Å². The van der Waals surface area contributed by atoms with Crippen molar-refractivity contribution in [3.05, 3.63) is 51.2 Å². The lowest BCUT2D eigenvalue weighted by Crippen LogP contribution is -2.46. The van der Waals surface area contributed by atoms with Crippen LogP contribution < -0.4 is 10.1 Å². The Morgan fingerprint density at radius 2 is 2.00 bits per heavy atom. The topological polar surface area (TPSA) is 58.6 Å². The summed E-state index contributed by atoms with van der Waals surface area (Å²) in [7, 11) is 0. The first-order chi connectivity index (χ1) is 12.5. The molecule has 6 heteroatoms. The van der Waals surface area contributed by atoms with Crippen LogP contribution in [0.2, 0.25) is 0 Å². The second kappa shape index (κ2) is 6.43. The predicted molar refractivity (Wildman–Crippen MR) is 101 cm³/mol. The van der Waals surface area contributed by atoms with Crippen molar-refractivity contribution >= 4 is 23.3 Å². The Morgan fingerprint density at radius 3 is 2.77 bits per heavy atom. The van der Waals surface area contributed by atoms with Gasteiger partial charge in [0, 0.05) is 10.4 Å². The van der Waals surface area contributed by atoms with Crippen LogP contribution in [0.25, 0.3) is 0 Å². The lowest BCUT2D eigenvalue weighted by molar-refractivity contribution is -0.132. The maximum absolute atomic E-state index is 13.1. The Hall–Kier alpha value is -2.34.